The Bertz CT molecular complexity index is 686. The third-order valence-corrected chi connectivity index (χ3v) is 4.28. The third kappa shape index (κ3) is 3.47. The van der Waals surface area contributed by atoms with Crippen LogP contribution in [0.5, 0.6) is 0 Å². The van der Waals surface area contributed by atoms with Gasteiger partial charge < -0.3 is 14.5 Å². The van der Waals surface area contributed by atoms with Crippen molar-refractivity contribution in [2.24, 2.45) is 0 Å². The zero-order valence-corrected chi connectivity index (χ0v) is 14.3. The summed E-state index contributed by atoms with van der Waals surface area (Å²) in [6, 6.07) is 7.65. The molecule has 1 aromatic carbocycles. The van der Waals surface area contributed by atoms with Crippen LogP contribution in [0.4, 0.5) is 0 Å². The first kappa shape index (κ1) is 16.6. The van der Waals surface area contributed by atoms with Crippen LogP contribution in [0.15, 0.2) is 30.6 Å². The average Bonchev–Trinajstić information content (AvgIpc) is 3.22. The van der Waals surface area contributed by atoms with E-state index < -0.39 is 0 Å². The Hall–Kier alpha value is -2.25. The van der Waals surface area contributed by atoms with Gasteiger partial charge in [-0.1, -0.05) is 12.1 Å². The van der Waals surface area contributed by atoms with Crippen LogP contribution in [0.1, 0.15) is 34.2 Å². The summed E-state index contributed by atoms with van der Waals surface area (Å²) >= 11 is 0. The summed E-state index contributed by atoms with van der Waals surface area (Å²) < 4.78 is 5.47. The largest absolute Gasteiger partial charge is 0.380 e. The van der Waals surface area contributed by atoms with Crippen molar-refractivity contribution in [1.29, 1.82) is 0 Å². The van der Waals surface area contributed by atoms with Crippen LogP contribution >= 0.6 is 0 Å². The highest BCUT2D eigenvalue weighted by atomic mass is 16.5. The van der Waals surface area contributed by atoms with Crippen LogP contribution < -0.4 is 0 Å². The molecular weight excluding hydrogens is 306 g/mol. The molecule has 7 heteroatoms. The molecule has 0 spiro atoms. The van der Waals surface area contributed by atoms with Gasteiger partial charge in [0, 0.05) is 32.2 Å². The molecule has 0 saturated carbocycles. The number of ether oxygens (including phenoxy) is 1. The monoisotopic (exact) mass is 329 g/mol. The van der Waals surface area contributed by atoms with Gasteiger partial charge in [0.05, 0.1) is 12.1 Å². The van der Waals surface area contributed by atoms with Gasteiger partial charge in [-0.2, -0.15) is 5.10 Å². The molecule has 1 aliphatic rings. The van der Waals surface area contributed by atoms with Crippen LogP contribution in [0, 0.1) is 0 Å². The minimum absolute atomic E-state index is 0.00319. The number of aromatic amines is 1. The quantitative estimate of drug-likeness (QED) is 0.899. The van der Waals surface area contributed by atoms with Crippen molar-refractivity contribution < 1.29 is 9.53 Å². The van der Waals surface area contributed by atoms with Gasteiger partial charge in [0.2, 0.25) is 0 Å². The molecule has 1 N–H and O–H groups in total. The molecule has 1 saturated heterocycles. The van der Waals surface area contributed by atoms with E-state index in [1.54, 1.807) is 7.11 Å². The van der Waals surface area contributed by atoms with E-state index in [4.69, 9.17) is 4.74 Å². The highest BCUT2D eigenvalue weighted by molar-refractivity contribution is 5.94. The van der Waals surface area contributed by atoms with E-state index in [-0.39, 0.29) is 18.1 Å². The zero-order chi connectivity index (χ0) is 17.1. The molecule has 7 nitrogen and oxygen atoms in total. The zero-order valence-electron chi connectivity index (χ0n) is 14.3. The Morgan fingerprint density at radius 3 is 2.96 bits per heavy atom. The summed E-state index contributed by atoms with van der Waals surface area (Å²) in [6.07, 6.45) is 2.19. The van der Waals surface area contributed by atoms with Crippen molar-refractivity contribution in [3.63, 3.8) is 0 Å². The number of H-pyrrole nitrogens is 1. The number of benzene rings is 1. The number of nitrogens with one attached hydrogen (secondary N) is 1. The van der Waals surface area contributed by atoms with E-state index in [2.05, 4.69) is 20.1 Å². The summed E-state index contributed by atoms with van der Waals surface area (Å²) in [5.41, 5.74) is 1.81. The molecule has 0 bridgehead atoms. The van der Waals surface area contributed by atoms with Gasteiger partial charge in [0.1, 0.15) is 12.2 Å². The summed E-state index contributed by atoms with van der Waals surface area (Å²) in [6.45, 7) is 1.35. The third-order valence-electron chi connectivity index (χ3n) is 4.28. The Morgan fingerprint density at radius 2 is 2.29 bits per heavy atom. The van der Waals surface area contributed by atoms with Crippen molar-refractivity contribution >= 4 is 5.91 Å². The molecule has 2 heterocycles. The standard InChI is InChI=1S/C17H23N5O2/c1-21(2)9-12-5-4-6-13(7-12)17(23)22-10-14(24-3)8-15(22)16-18-11-19-20-16/h4-7,11,14-15H,8-10H2,1-3H3,(H,18,19,20)/t14-,15+/m1/s1. The van der Waals surface area contributed by atoms with Gasteiger partial charge in [-0.15, -0.1) is 0 Å². The topological polar surface area (TPSA) is 74.4 Å². The van der Waals surface area contributed by atoms with E-state index in [1.807, 2.05) is 43.3 Å². The summed E-state index contributed by atoms with van der Waals surface area (Å²) in [7, 11) is 5.70. The Balaban J connectivity index is 1.84. The van der Waals surface area contributed by atoms with Crippen molar-refractivity contribution in [3.05, 3.63) is 47.5 Å². The summed E-state index contributed by atoms with van der Waals surface area (Å²) in [5, 5.41) is 6.79. The number of hydrogen-bond acceptors (Lipinski definition) is 5. The van der Waals surface area contributed by atoms with E-state index >= 15 is 0 Å². The fraction of sp³-hybridized carbons (Fsp3) is 0.471. The lowest BCUT2D eigenvalue weighted by Crippen LogP contribution is -2.32. The van der Waals surface area contributed by atoms with E-state index in [0.717, 1.165) is 18.5 Å². The molecule has 1 fully saturated rings. The van der Waals surface area contributed by atoms with Gasteiger partial charge >= 0.3 is 0 Å². The van der Waals surface area contributed by atoms with Gasteiger partial charge in [-0.25, -0.2) is 4.98 Å². The number of amides is 1. The first-order chi connectivity index (χ1) is 11.6. The molecule has 2 aromatic rings. The molecule has 24 heavy (non-hydrogen) atoms. The van der Waals surface area contributed by atoms with Crippen molar-refractivity contribution in [2.75, 3.05) is 27.7 Å². The molecule has 0 aliphatic carbocycles. The van der Waals surface area contributed by atoms with Crippen molar-refractivity contribution in [3.8, 4) is 0 Å². The Labute approximate surface area is 141 Å². The van der Waals surface area contributed by atoms with E-state index in [1.165, 1.54) is 6.33 Å². The molecular formula is C17H23N5O2. The minimum Gasteiger partial charge on any atom is -0.380 e. The lowest BCUT2D eigenvalue weighted by atomic mass is 10.1. The first-order valence-corrected chi connectivity index (χ1v) is 8.01. The Morgan fingerprint density at radius 1 is 1.46 bits per heavy atom. The van der Waals surface area contributed by atoms with Crippen LogP contribution in [0.2, 0.25) is 0 Å². The number of aromatic nitrogens is 3. The number of hydrogen-bond donors (Lipinski definition) is 1. The number of rotatable bonds is 5. The maximum Gasteiger partial charge on any atom is 0.254 e. The second kappa shape index (κ2) is 7.11. The molecule has 1 aliphatic heterocycles. The second-order valence-electron chi connectivity index (χ2n) is 6.38. The van der Waals surface area contributed by atoms with Crippen LogP contribution in [0.25, 0.3) is 0 Å². The predicted molar refractivity (Wildman–Crippen MR) is 89.4 cm³/mol. The predicted octanol–water partition coefficient (Wildman–Crippen LogP) is 1.47. The highest BCUT2D eigenvalue weighted by Crippen LogP contribution is 2.32. The lowest BCUT2D eigenvalue weighted by molar-refractivity contribution is 0.0684. The lowest BCUT2D eigenvalue weighted by Gasteiger charge is -2.23. The van der Waals surface area contributed by atoms with Gasteiger partial charge in [0.25, 0.3) is 5.91 Å². The minimum atomic E-state index is -0.137. The highest BCUT2D eigenvalue weighted by Gasteiger charge is 2.38. The van der Waals surface area contributed by atoms with Gasteiger partial charge in [0.15, 0.2) is 0 Å². The Kier molecular flexibility index (Phi) is 4.92. The number of carbonyl (C=O) groups excluding carboxylic acids is 1. The van der Waals surface area contributed by atoms with E-state index in [9.17, 15) is 4.79 Å². The van der Waals surface area contributed by atoms with Crippen molar-refractivity contribution in [2.45, 2.75) is 25.1 Å². The summed E-state index contributed by atoms with van der Waals surface area (Å²) in [5.74, 6) is 0.698. The second-order valence-corrected chi connectivity index (χ2v) is 6.38. The fourth-order valence-electron chi connectivity index (χ4n) is 3.16. The fourth-order valence-corrected chi connectivity index (χ4v) is 3.16. The SMILES string of the molecule is CO[C@@H]1C[C@@H](c2ncn[nH]2)N(C(=O)c2cccc(CN(C)C)c2)C1. The normalized spacial score (nSPS) is 20.8. The molecule has 0 radical (unpaired) electrons. The molecule has 128 valence electrons. The molecule has 0 unspecified atom stereocenters. The molecule has 2 atom stereocenters. The number of nitrogens with zero attached hydrogens (tertiary/aromatic N) is 4. The molecule has 3 rings (SSSR count). The van der Waals surface area contributed by atoms with E-state index in [0.29, 0.717) is 17.9 Å². The maximum absolute atomic E-state index is 13.0. The van der Waals surface area contributed by atoms with Crippen LogP contribution in [-0.2, 0) is 11.3 Å². The molecule has 1 amide bonds. The average molecular weight is 329 g/mol. The van der Waals surface area contributed by atoms with Gasteiger partial charge in [-0.05, 0) is 31.8 Å². The van der Waals surface area contributed by atoms with Crippen LogP contribution in [0.3, 0.4) is 0 Å². The van der Waals surface area contributed by atoms with Gasteiger partial charge in [-0.3, -0.25) is 9.89 Å². The number of carbonyl (C=O) groups is 1. The molecule has 1 aromatic heterocycles. The smallest absolute Gasteiger partial charge is 0.254 e. The summed E-state index contributed by atoms with van der Waals surface area (Å²) in [4.78, 5) is 21.2. The maximum atomic E-state index is 13.0. The number of methoxy groups -OCH3 is 1. The van der Waals surface area contributed by atoms with Crippen LogP contribution in [-0.4, -0.2) is 64.7 Å². The number of likely N-dealkylation sites (tertiary alicyclic amines) is 1. The first-order valence-electron chi connectivity index (χ1n) is 8.01. The van der Waals surface area contributed by atoms with Crippen molar-refractivity contribution in [1.82, 2.24) is 25.0 Å².